The van der Waals surface area contributed by atoms with E-state index in [1.807, 2.05) is 55.5 Å². The Balaban J connectivity index is 1.61. The predicted molar refractivity (Wildman–Crippen MR) is 114 cm³/mol. The van der Waals surface area contributed by atoms with E-state index < -0.39 is 0 Å². The van der Waals surface area contributed by atoms with Gasteiger partial charge in [0, 0.05) is 16.1 Å². The number of nitrogens with zero attached hydrogens (tertiary/aromatic N) is 1. The molecule has 0 unspecified atom stereocenters. The summed E-state index contributed by atoms with van der Waals surface area (Å²) in [6, 6.07) is 15.3. The van der Waals surface area contributed by atoms with Crippen LogP contribution in [0.5, 0.6) is 0 Å². The van der Waals surface area contributed by atoms with Crippen LogP contribution in [0.15, 0.2) is 48.5 Å². The highest BCUT2D eigenvalue weighted by atomic mass is 35.5. The molecule has 6 heteroatoms. The number of aromatic nitrogens is 1. The summed E-state index contributed by atoms with van der Waals surface area (Å²) in [5.41, 5.74) is 3.83. The van der Waals surface area contributed by atoms with Gasteiger partial charge in [-0.05, 0) is 36.6 Å². The van der Waals surface area contributed by atoms with Crippen LogP contribution in [0, 0.1) is 6.92 Å². The zero-order valence-electron chi connectivity index (χ0n) is 15.5. The van der Waals surface area contributed by atoms with Gasteiger partial charge in [0.2, 0.25) is 0 Å². The maximum atomic E-state index is 12.2. The molecule has 27 heavy (non-hydrogen) atoms. The summed E-state index contributed by atoms with van der Waals surface area (Å²) in [5.74, 6) is 0.467. The van der Waals surface area contributed by atoms with E-state index >= 15 is 0 Å². The van der Waals surface area contributed by atoms with Crippen molar-refractivity contribution in [2.24, 2.45) is 0 Å². The number of carbonyl (C=O) groups excluding carboxylic acids is 1. The maximum Gasteiger partial charge on any atom is 0.319 e. The lowest BCUT2D eigenvalue weighted by atomic mass is 10.0. The number of urea groups is 1. The second-order valence-corrected chi connectivity index (χ2v) is 8.08. The molecule has 0 atom stereocenters. The van der Waals surface area contributed by atoms with Crippen LogP contribution in [0.1, 0.15) is 35.9 Å². The SMILES string of the molecule is Cc1nc(-c2ccccc2Cl)sc1CNC(=O)Nc1ccc(C(C)C)cc1. The van der Waals surface area contributed by atoms with E-state index in [9.17, 15) is 4.79 Å². The number of halogens is 1. The van der Waals surface area contributed by atoms with Crippen LogP contribution in [0.25, 0.3) is 10.6 Å². The molecule has 1 heterocycles. The van der Waals surface area contributed by atoms with Gasteiger partial charge in [-0.25, -0.2) is 9.78 Å². The zero-order chi connectivity index (χ0) is 19.4. The predicted octanol–water partition coefficient (Wildman–Crippen LogP) is 6.22. The fourth-order valence-electron chi connectivity index (χ4n) is 2.63. The van der Waals surface area contributed by atoms with Crippen molar-refractivity contribution in [1.29, 1.82) is 0 Å². The summed E-state index contributed by atoms with van der Waals surface area (Å²) in [6.45, 7) is 6.65. The summed E-state index contributed by atoms with van der Waals surface area (Å²) < 4.78 is 0. The number of anilines is 1. The standard InChI is InChI=1S/C21H22ClN3OS/c1-13(2)15-8-10-16(11-9-15)25-21(26)23-12-19-14(3)24-20(27-19)17-6-4-5-7-18(17)22/h4-11,13H,12H2,1-3H3,(H2,23,25,26). The maximum absolute atomic E-state index is 12.2. The number of nitrogens with one attached hydrogen (secondary N) is 2. The Morgan fingerprint density at radius 1 is 1.15 bits per heavy atom. The number of carbonyl (C=O) groups is 1. The van der Waals surface area contributed by atoms with Crippen LogP contribution < -0.4 is 10.6 Å². The number of aryl methyl sites for hydroxylation is 1. The minimum absolute atomic E-state index is 0.237. The molecular formula is C21H22ClN3OS. The third-order valence-corrected chi connectivity index (χ3v) is 5.76. The van der Waals surface area contributed by atoms with Crippen molar-refractivity contribution >= 4 is 34.7 Å². The van der Waals surface area contributed by atoms with E-state index in [4.69, 9.17) is 11.6 Å². The Hall–Kier alpha value is -2.37. The molecular weight excluding hydrogens is 378 g/mol. The number of thiazole rings is 1. The van der Waals surface area contributed by atoms with Gasteiger partial charge in [0.1, 0.15) is 5.01 Å². The van der Waals surface area contributed by atoms with Gasteiger partial charge in [-0.3, -0.25) is 0 Å². The Bertz CT molecular complexity index is 935. The molecule has 0 aliphatic heterocycles. The highest BCUT2D eigenvalue weighted by Gasteiger charge is 2.12. The summed E-state index contributed by atoms with van der Waals surface area (Å²) >= 11 is 7.80. The van der Waals surface area contributed by atoms with Gasteiger partial charge in [0.25, 0.3) is 0 Å². The number of hydrogen-bond acceptors (Lipinski definition) is 3. The van der Waals surface area contributed by atoms with Crippen molar-refractivity contribution in [1.82, 2.24) is 10.3 Å². The molecule has 140 valence electrons. The minimum atomic E-state index is -0.237. The molecule has 0 saturated heterocycles. The first-order valence-electron chi connectivity index (χ1n) is 8.80. The molecule has 0 fully saturated rings. The van der Waals surface area contributed by atoms with Crippen LogP contribution in [0.2, 0.25) is 5.02 Å². The average Bonchev–Trinajstić information content (AvgIpc) is 3.01. The lowest BCUT2D eigenvalue weighted by Gasteiger charge is -2.09. The fraction of sp³-hybridized carbons (Fsp3) is 0.238. The topological polar surface area (TPSA) is 54.0 Å². The van der Waals surface area contributed by atoms with Crippen molar-refractivity contribution in [3.63, 3.8) is 0 Å². The molecule has 0 bridgehead atoms. The first-order valence-corrected chi connectivity index (χ1v) is 9.99. The summed E-state index contributed by atoms with van der Waals surface area (Å²) in [7, 11) is 0. The molecule has 0 radical (unpaired) electrons. The Morgan fingerprint density at radius 2 is 1.85 bits per heavy atom. The largest absolute Gasteiger partial charge is 0.333 e. The van der Waals surface area contributed by atoms with Crippen LogP contribution in [0.4, 0.5) is 10.5 Å². The molecule has 0 saturated carbocycles. The molecule has 0 spiro atoms. The first-order chi connectivity index (χ1) is 12.9. The number of benzene rings is 2. The molecule has 0 aliphatic rings. The van der Waals surface area contributed by atoms with Crippen LogP contribution in [-0.4, -0.2) is 11.0 Å². The van der Waals surface area contributed by atoms with Crippen LogP contribution in [0.3, 0.4) is 0 Å². The molecule has 4 nitrogen and oxygen atoms in total. The van der Waals surface area contributed by atoms with E-state index in [1.165, 1.54) is 5.56 Å². The van der Waals surface area contributed by atoms with Crippen LogP contribution >= 0.6 is 22.9 Å². The summed E-state index contributed by atoms with van der Waals surface area (Å²) in [6.07, 6.45) is 0. The van der Waals surface area contributed by atoms with Crippen molar-refractivity contribution < 1.29 is 4.79 Å². The summed E-state index contributed by atoms with van der Waals surface area (Å²) in [4.78, 5) is 17.8. The van der Waals surface area contributed by atoms with Crippen molar-refractivity contribution in [3.8, 4) is 10.6 Å². The number of rotatable bonds is 5. The Labute approximate surface area is 168 Å². The van der Waals surface area contributed by atoms with E-state index in [1.54, 1.807) is 11.3 Å². The van der Waals surface area contributed by atoms with Gasteiger partial charge in [-0.1, -0.05) is 55.8 Å². The van der Waals surface area contributed by atoms with Gasteiger partial charge in [0.05, 0.1) is 17.3 Å². The second-order valence-electron chi connectivity index (χ2n) is 6.59. The third kappa shape index (κ3) is 4.87. The molecule has 2 N–H and O–H groups in total. The Morgan fingerprint density at radius 3 is 2.52 bits per heavy atom. The monoisotopic (exact) mass is 399 g/mol. The van der Waals surface area contributed by atoms with Gasteiger partial charge in [-0.2, -0.15) is 0 Å². The van der Waals surface area contributed by atoms with Gasteiger partial charge >= 0.3 is 6.03 Å². The average molecular weight is 400 g/mol. The first kappa shape index (κ1) is 19.4. The highest BCUT2D eigenvalue weighted by molar-refractivity contribution is 7.15. The van der Waals surface area contributed by atoms with E-state index in [-0.39, 0.29) is 6.03 Å². The lowest BCUT2D eigenvalue weighted by molar-refractivity contribution is 0.252. The molecule has 2 aromatic carbocycles. The zero-order valence-corrected chi connectivity index (χ0v) is 17.1. The minimum Gasteiger partial charge on any atom is -0.333 e. The fourth-order valence-corrected chi connectivity index (χ4v) is 3.95. The van der Waals surface area contributed by atoms with Crippen molar-refractivity contribution in [2.75, 3.05) is 5.32 Å². The number of hydrogen-bond donors (Lipinski definition) is 2. The van der Waals surface area contributed by atoms with E-state index in [0.29, 0.717) is 17.5 Å². The molecule has 0 aliphatic carbocycles. The third-order valence-electron chi connectivity index (χ3n) is 4.24. The Kier molecular flexibility index (Phi) is 6.14. The summed E-state index contributed by atoms with van der Waals surface area (Å²) in [5, 5.41) is 7.29. The highest BCUT2D eigenvalue weighted by Crippen LogP contribution is 2.32. The van der Waals surface area contributed by atoms with Gasteiger partial charge in [0.15, 0.2) is 0 Å². The van der Waals surface area contributed by atoms with Crippen molar-refractivity contribution in [2.45, 2.75) is 33.2 Å². The molecule has 1 aromatic heterocycles. The second kappa shape index (κ2) is 8.55. The molecule has 2 amide bonds. The van der Waals surface area contributed by atoms with Crippen molar-refractivity contribution in [3.05, 3.63) is 69.7 Å². The molecule has 3 aromatic rings. The lowest BCUT2D eigenvalue weighted by Crippen LogP contribution is -2.28. The van der Waals surface area contributed by atoms with E-state index in [0.717, 1.165) is 26.8 Å². The normalized spacial score (nSPS) is 10.9. The van der Waals surface area contributed by atoms with E-state index in [2.05, 4.69) is 29.5 Å². The van der Waals surface area contributed by atoms with Gasteiger partial charge < -0.3 is 10.6 Å². The quantitative estimate of drug-likeness (QED) is 0.535. The van der Waals surface area contributed by atoms with Gasteiger partial charge in [-0.15, -0.1) is 11.3 Å². The molecule has 3 rings (SSSR count). The van der Waals surface area contributed by atoms with Crippen LogP contribution in [-0.2, 0) is 6.54 Å². The smallest absolute Gasteiger partial charge is 0.319 e. The number of amides is 2.